The number of phenols is 1. The molecule has 4 rings (SSSR count). The summed E-state index contributed by atoms with van der Waals surface area (Å²) in [6.07, 6.45) is -3.84. The summed E-state index contributed by atoms with van der Waals surface area (Å²) in [4.78, 5) is 24.8. The van der Waals surface area contributed by atoms with E-state index in [1.165, 1.54) is 23.0 Å². The number of carbonyl (C=O) groups excluding carboxylic acids is 1. The average Bonchev–Trinajstić information content (AvgIpc) is 3.29. The predicted molar refractivity (Wildman–Crippen MR) is 108 cm³/mol. The number of nitrogens with two attached hydrogens (primary N) is 1. The number of imidazole rings is 1. The van der Waals surface area contributed by atoms with Gasteiger partial charge in [-0.3, -0.25) is 9.36 Å². The number of hydrogen-bond acceptors (Lipinski definition) is 9. The van der Waals surface area contributed by atoms with Gasteiger partial charge in [-0.05, 0) is 37.1 Å². The van der Waals surface area contributed by atoms with E-state index in [1.54, 1.807) is 19.1 Å². The van der Waals surface area contributed by atoms with Gasteiger partial charge in [-0.2, -0.15) is 0 Å². The first-order chi connectivity index (χ1) is 14.9. The molecule has 1 aliphatic heterocycles. The normalized spacial score (nSPS) is 22.8. The molecule has 0 saturated carbocycles. The zero-order valence-corrected chi connectivity index (χ0v) is 16.4. The summed E-state index contributed by atoms with van der Waals surface area (Å²) in [7, 11) is 0. The van der Waals surface area contributed by atoms with Gasteiger partial charge in [0.1, 0.15) is 23.5 Å². The second kappa shape index (κ2) is 8.19. The number of nitrogen functional groups attached to an aromatic ring is 1. The lowest BCUT2D eigenvalue weighted by Crippen LogP contribution is -2.42. The molecule has 3 aromatic rings. The number of benzene rings is 1. The van der Waals surface area contributed by atoms with Gasteiger partial charge in [0.15, 0.2) is 23.8 Å². The monoisotopic (exact) mass is 424 g/mol. The number of phenolic OH excluding ortho intramolecular Hbond substituents is 1. The van der Waals surface area contributed by atoms with Crippen LogP contribution in [0.2, 0.25) is 0 Å². The van der Waals surface area contributed by atoms with Gasteiger partial charge < -0.3 is 31.1 Å². The Bertz CT molecular complexity index is 1180. The lowest BCUT2D eigenvalue weighted by Gasteiger charge is -2.16. The standard InChI is InChI=1S/C20H20N6O5/c1-2-22-19(30)16-14(28)15(29)20(31-16)26-9-23-13-17(21)24-12(25-18(13)26)8-5-10-3-6-11(27)7-4-10/h3-4,6-7,9,14-16,20,27-29H,2H2,1H3,(H,22,30)(H2,21,24,25). The fourth-order valence-corrected chi connectivity index (χ4v) is 3.23. The number of nitrogens with one attached hydrogen (secondary N) is 1. The van der Waals surface area contributed by atoms with Crippen molar-refractivity contribution in [3.63, 3.8) is 0 Å². The lowest BCUT2D eigenvalue weighted by atomic mass is 10.1. The van der Waals surface area contributed by atoms with Crippen molar-refractivity contribution < 1.29 is 24.9 Å². The van der Waals surface area contributed by atoms with E-state index in [1.807, 2.05) is 0 Å². The van der Waals surface area contributed by atoms with Crippen LogP contribution >= 0.6 is 0 Å². The molecule has 4 atom stereocenters. The molecule has 0 bridgehead atoms. The Hall–Kier alpha value is -3.72. The van der Waals surface area contributed by atoms with Gasteiger partial charge in [0.2, 0.25) is 5.82 Å². The van der Waals surface area contributed by atoms with Crippen LogP contribution in [0.3, 0.4) is 0 Å². The van der Waals surface area contributed by atoms with Gasteiger partial charge in [0.25, 0.3) is 5.91 Å². The highest BCUT2D eigenvalue weighted by molar-refractivity contribution is 5.83. The number of aromatic nitrogens is 4. The highest BCUT2D eigenvalue weighted by atomic mass is 16.6. The highest BCUT2D eigenvalue weighted by Crippen LogP contribution is 2.32. The zero-order valence-electron chi connectivity index (χ0n) is 16.4. The molecule has 31 heavy (non-hydrogen) atoms. The van der Waals surface area contributed by atoms with Crippen LogP contribution in [0.1, 0.15) is 24.5 Å². The molecular weight excluding hydrogens is 404 g/mol. The number of aromatic hydroxyl groups is 1. The Kier molecular flexibility index (Phi) is 5.43. The first kappa shape index (κ1) is 20.5. The summed E-state index contributed by atoms with van der Waals surface area (Å²) in [5.41, 5.74) is 7.12. The van der Waals surface area contributed by atoms with Crippen LogP contribution in [-0.4, -0.2) is 65.6 Å². The fraction of sp³-hybridized carbons (Fsp3) is 0.300. The Morgan fingerprint density at radius 3 is 2.68 bits per heavy atom. The van der Waals surface area contributed by atoms with Crippen LogP contribution in [0.5, 0.6) is 5.75 Å². The number of anilines is 1. The van der Waals surface area contributed by atoms with E-state index in [-0.39, 0.29) is 28.6 Å². The molecule has 1 aliphatic rings. The number of amides is 1. The quantitative estimate of drug-likeness (QED) is 0.340. The molecule has 2 aromatic heterocycles. The minimum Gasteiger partial charge on any atom is -0.508 e. The summed E-state index contributed by atoms with van der Waals surface area (Å²) in [5.74, 6) is 5.43. The number of ether oxygens (including phenoxy) is 1. The topological polar surface area (TPSA) is 169 Å². The van der Waals surface area contributed by atoms with Crippen LogP contribution in [-0.2, 0) is 9.53 Å². The van der Waals surface area contributed by atoms with Crippen LogP contribution < -0.4 is 11.1 Å². The molecule has 3 heterocycles. The number of aliphatic hydroxyl groups excluding tert-OH is 2. The van der Waals surface area contributed by atoms with E-state index in [2.05, 4.69) is 32.1 Å². The highest BCUT2D eigenvalue weighted by Gasteiger charge is 2.47. The molecule has 11 nitrogen and oxygen atoms in total. The second-order valence-corrected chi connectivity index (χ2v) is 6.88. The number of nitrogens with zero attached hydrogens (tertiary/aromatic N) is 4. The zero-order chi connectivity index (χ0) is 22.1. The van der Waals surface area contributed by atoms with Crippen LogP contribution in [0, 0.1) is 11.8 Å². The third kappa shape index (κ3) is 3.87. The molecule has 0 spiro atoms. The molecule has 1 fully saturated rings. The second-order valence-electron chi connectivity index (χ2n) is 6.88. The van der Waals surface area contributed by atoms with Gasteiger partial charge in [-0.15, -0.1) is 0 Å². The number of rotatable bonds is 3. The minimum absolute atomic E-state index is 0.0760. The molecule has 160 valence electrons. The van der Waals surface area contributed by atoms with E-state index >= 15 is 0 Å². The van der Waals surface area contributed by atoms with Crippen molar-refractivity contribution in [3.8, 4) is 17.6 Å². The minimum atomic E-state index is -1.43. The Labute approximate surface area is 176 Å². The van der Waals surface area contributed by atoms with E-state index < -0.39 is 30.4 Å². The molecule has 11 heteroatoms. The summed E-state index contributed by atoms with van der Waals surface area (Å²) >= 11 is 0. The molecular formula is C20H20N6O5. The maximum atomic E-state index is 12.1. The molecule has 0 radical (unpaired) electrons. The molecule has 0 aliphatic carbocycles. The summed E-state index contributed by atoms with van der Waals surface area (Å²) in [6.45, 7) is 2.09. The van der Waals surface area contributed by atoms with Gasteiger partial charge in [-0.25, -0.2) is 15.0 Å². The summed E-state index contributed by atoms with van der Waals surface area (Å²) < 4.78 is 7.00. The first-order valence-corrected chi connectivity index (χ1v) is 9.49. The first-order valence-electron chi connectivity index (χ1n) is 9.49. The Morgan fingerprint density at radius 2 is 1.97 bits per heavy atom. The molecule has 6 N–H and O–H groups in total. The number of likely N-dealkylation sites (N-methyl/N-ethyl adjacent to an activating group) is 1. The van der Waals surface area contributed by atoms with E-state index in [4.69, 9.17) is 10.5 Å². The summed E-state index contributed by atoms with van der Waals surface area (Å²) in [6, 6.07) is 6.29. The Balaban J connectivity index is 1.68. The molecule has 1 saturated heterocycles. The SMILES string of the molecule is CCNC(=O)C1OC(n2cnc3c(N)nc(C#Cc4ccc(O)cc4)nc32)C(O)C1O. The van der Waals surface area contributed by atoms with Gasteiger partial charge in [-0.1, -0.05) is 5.92 Å². The number of carbonyl (C=O) groups is 1. The van der Waals surface area contributed by atoms with E-state index in [0.717, 1.165) is 0 Å². The maximum absolute atomic E-state index is 12.1. The summed E-state index contributed by atoms with van der Waals surface area (Å²) in [5, 5.41) is 32.6. The van der Waals surface area contributed by atoms with Crippen LogP contribution in [0.15, 0.2) is 30.6 Å². The van der Waals surface area contributed by atoms with Crippen molar-refractivity contribution in [2.75, 3.05) is 12.3 Å². The van der Waals surface area contributed by atoms with E-state index in [0.29, 0.717) is 12.1 Å². The van der Waals surface area contributed by atoms with Crippen molar-refractivity contribution >= 4 is 22.9 Å². The van der Waals surface area contributed by atoms with E-state index in [9.17, 15) is 20.1 Å². The third-order valence-electron chi connectivity index (χ3n) is 4.76. The lowest BCUT2D eigenvalue weighted by molar-refractivity contribution is -0.137. The fourth-order valence-electron chi connectivity index (χ4n) is 3.23. The average molecular weight is 424 g/mol. The van der Waals surface area contributed by atoms with Gasteiger partial charge in [0.05, 0.1) is 6.33 Å². The van der Waals surface area contributed by atoms with Gasteiger partial charge >= 0.3 is 0 Å². The third-order valence-corrected chi connectivity index (χ3v) is 4.76. The number of fused-ring (bicyclic) bond motifs is 1. The van der Waals surface area contributed by atoms with Crippen molar-refractivity contribution in [2.45, 2.75) is 31.5 Å². The van der Waals surface area contributed by atoms with Crippen LogP contribution in [0.25, 0.3) is 11.2 Å². The number of aliphatic hydroxyl groups is 2. The largest absolute Gasteiger partial charge is 0.508 e. The van der Waals surface area contributed by atoms with Gasteiger partial charge in [0, 0.05) is 12.1 Å². The Morgan fingerprint density at radius 1 is 1.23 bits per heavy atom. The molecule has 1 amide bonds. The maximum Gasteiger partial charge on any atom is 0.252 e. The smallest absolute Gasteiger partial charge is 0.252 e. The molecule has 4 unspecified atom stereocenters. The van der Waals surface area contributed by atoms with Crippen molar-refractivity contribution in [3.05, 3.63) is 42.0 Å². The van der Waals surface area contributed by atoms with Crippen LogP contribution in [0.4, 0.5) is 5.82 Å². The number of hydrogen-bond donors (Lipinski definition) is 5. The van der Waals surface area contributed by atoms with Crippen molar-refractivity contribution in [2.24, 2.45) is 0 Å². The van der Waals surface area contributed by atoms with Crippen molar-refractivity contribution in [1.82, 2.24) is 24.8 Å². The van der Waals surface area contributed by atoms with Crippen molar-refractivity contribution in [1.29, 1.82) is 0 Å². The predicted octanol–water partition coefficient (Wildman–Crippen LogP) is -0.731. The molecule has 1 aromatic carbocycles.